The lowest BCUT2D eigenvalue weighted by Gasteiger charge is -2.11. The highest BCUT2D eigenvalue weighted by molar-refractivity contribution is 6.30. The molecule has 0 aliphatic carbocycles. The summed E-state index contributed by atoms with van der Waals surface area (Å²) in [6, 6.07) is 7.41. The fourth-order valence-electron chi connectivity index (χ4n) is 2.11. The Labute approximate surface area is 121 Å². The van der Waals surface area contributed by atoms with Gasteiger partial charge in [-0.15, -0.1) is 0 Å². The van der Waals surface area contributed by atoms with Gasteiger partial charge in [-0.25, -0.2) is 4.79 Å². The summed E-state index contributed by atoms with van der Waals surface area (Å²) in [4.78, 5) is 22.5. The Hall–Kier alpha value is -1.59. The van der Waals surface area contributed by atoms with E-state index in [9.17, 15) is 9.59 Å². The van der Waals surface area contributed by atoms with Crippen LogP contribution in [0.4, 0.5) is 0 Å². The van der Waals surface area contributed by atoms with Crippen LogP contribution in [-0.4, -0.2) is 35.7 Å². The molecule has 1 saturated heterocycles. The fourth-order valence-corrected chi connectivity index (χ4v) is 2.23. The van der Waals surface area contributed by atoms with Crippen molar-refractivity contribution in [3.05, 3.63) is 34.9 Å². The molecule has 5 nitrogen and oxygen atoms in total. The molecular weight excluding hydrogens is 282 g/mol. The van der Waals surface area contributed by atoms with E-state index in [1.807, 2.05) is 12.1 Å². The van der Waals surface area contributed by atoms with E-state index >= 15 is 0 Å². The van der Waals surface area contributed by atoms with Crippen LogP contribution in [0.5, 0.6) is 0 Å². The van der Waals surface area contributed by atoms with E-state index in [1.165, 1.54) is 0 Å². The molecule has 2 rings (SSSR count). The molecule has 6 heteroatoms. The summed E-state index contributed by atoms with van der Waals surface area (Å²) in [6.45, 7) is 0.484. The highest BCUT2D eigenvalue weighted by Gasteiger charge is 2.34. The Bertz CT molecular complexity index is 488. The maximum Gasteiger partial charge on any atom is 0.332 e. The van der Waals surface area contributed by atoms with Crippen molar-refractivity contribution in [2.45, 2.75) is 31.5 Å². The first-order valence-corrected chi connectivity index (χ1v) is 6.84. The first-order valence-electron chi connectivity index (χ1n) is 6.46. The van der Waals surface area contributed by atoms with Crippen molar-refractivity contribution in [3.8, 4) is 0 Å². The van der Waals surface area contributed by atoms with Gasteiger partial charge < -0.3 is 15.2 Å². The highest BCUT2D eigenvalue weighted by atomic mass is 35.5. The molecule has 20 heavy (non-hydrogen) atoms. The van der Waals surface area contributed by atoms with Crippen molar-refractivity contribution in [3.63, 3.8) is 0 Å². The van der Waals surface area contributed by atoms with Crippen LogP contribution in [0.1, 0.15) is 18.4 Å². The zero-order valence-electron chi connectivity index (χ0n) is 10.8. The molecule has 1 aliphatic heterocycles. The number of ether oxygens (including phenoxy) is 1. The van der Waals surface area contributed by atoms with E-state index in [0.29, 0.717) is 30.8 Å². The van der Waals surface area contributed by atoms with Crippen LogP contribution < -0.4 is 5.32 Å². The molecule has 0 radical (unpaired) electrons. The molecule has 0 bridgehead atoms. The zero-order valence-corrected chi connectivity index (χ0v) is 11.6. The minimum Gasteiger partial charge on any atom is -0.479 e. The molecule has 0 spiro atoms. The number of carbonyl (C=O) groups excluding carboxylic acids is 1. The molecule has 108 valence electrons. The first-order chi connectivity index (χ1) is 9.56. The fraction of sp³-hybridized carbons (Fsp3) is 0.429. The summed E-state index contributed by atoms with van der Waals surface area (Å²) in [5.41, 5.74) is 1.07. The van der Waals surface area contributed by atoms with Crippen LogP contribution in [0.2, 0.25) is 5.02 Å². The second-order valence-corrected chi connectivity index (χ2v) is 5.13. The lowest BCUT2D eigenvalue weighted by molar-refractivity contribution is -0.151. The van der Waals surface area contributed by atoms with E-state index in [0.717, 1.165) is 5.56 Å². The average molecular weight is 298 g/mol. The number of amides is 1. The van der Waals surface area contributed by atoms with Gasteiger partial charge in [0.05, 0.1) is 0 Å². The Kier molecular flexibility index (Phi) is 4.98. The Morgan fingerprint density at radius 3 is 2.50 bits per heavy atom. The minimum absolute atomic E-state index is 0.247. The van der Waals surface area contributed by atoms with Gasteiger partial charge in [0.2, 0.25) is 5.91 Å². The zero-order chi connectivity index (χ0) is 14.5. The van der Waals surface area contributed by atoms with Crippen molar-refractivity contribution in [1.82, 2.24) is 5.32 Å². The van der Waals surface area contributed by atoms with Crippen LogP contribution in [0.3, 0.4) is 0 Å². The van der Waals surface area contributed by atoms with E-state index in [4.69, 9.17) is 21.4 Å². The van der Waals surface area contributed by atoms with E-state index in [-0.39, 0.29) is 5.91 Å². The summed E-state index contributed by atoms with van der Waals surface area (Å²) in [5.74, 6) is -1.26. The maximum absolute atomic E-state index is 11.8. The quantitative estimate of drug-likeness (QED) is 0.866. The summed E-state index contributed by atoms with van der Waals surface area (Å²) < 4.78 is 5.17. The van der Waals surface area contributed by atoms with Crippen molar-refractivity contribution in [1.29, 1.82) is 0 Å². The molecule has 2 N–H and O–H groups in total. The average Bonchev–Trinajstić information content (AvgIpc) is 2.91. The van der Waals surface area contributed by atoms with Gasteiger partial charge in [0.25, 0.3) is 0 Å². The van der Waals surface area contributed by atoms with Crippen LogP contribution in [-0.2, 0) is 20.7 Å². The van der Waals surface area contributed by atoms with Crippen molar-refractivity contribution >= 4 is 23.5 Å². The minimum atomic E-state index is -1.01. The van der Waals surface area contributed by atoms with Gasteiger partial charge in [0.15, 0.2) is 6.10 Å². The number of carboxylic acids is 1. The summed E-state index contributed by atoms with van der Waals surface area (Å²) in [5, 5.41) is 12.2. The van der Waals surface area contributed by atoms with E-state index in [1.54, 1.807) is 12.1 Å². The second-order valence-electron chi connectivity index (χ2n) is 4.70. The molecular formula is C14H16ClNO4. The van der Waals surface area contributed by atoms with Crippen LogP contribution in [0.15, 0.2) is 24.3 Å². The maximum atomic E-state index is 11.8. The molecule has 2 atom stereocenters. The number of carbonyl (C=O) groups is 2. The van der Waals surface area contributed by atoms with Gasteiger partial charge in [-0.3, -0.25) is 4.79 Å². The number of carboxylic acid groups (broad SMARTS) is 1. The standard InChI is InChI=1S/C14H16ClNO4/c15-10-3-1-9(2-4-10)7-8-16-13(17)11-5-6-12(20-11)14(18)19/h1-4,11-12H,5-8H2,(H,16,17)(H,18,19). The van der Waals surface area contributed by atoms with Gasteiger partial charge in [-0.05, 0) is 37.0 Å². The van der Waals surface area contributed by atoms with Crippen LogP contribution >= 0.6 is 11.6 Å². The smallest absolute Gasteiger partial charge is 0.332 e. The predicted octanol–water partition coefficient (Wildman–Crippen LogP) is 1.63. The third-order valence-electron chi connectivity index (χ3n) is 3.21. The second kappa shape index (κ2) is 6.72. The number of hydrogen-bond acceptors (Lipinski definition) is 3. The number of benzene rings is 1. The number of rotatable bonds is 5. The topological polar surface area (TPSA) is 75.6 Å². The molecule has 1 fully saturated rings. The van der Waals surface area contributed by atoms with Crippen LogP contribution in [0, 0.1) is 0 Å². The lowest BCUT2D eigenvalue weighted by Crippen LogP contribution is -2.36. The van der Waals surface area contributed by atoms with E-state index < -0.39 is 18.2 Å². The summed E-state index contributed by atoms with van der Waals surface area (Å²) in [7, 11) is 0. The SMILES string of the molecule is O=C(O)C1CCC(C(=O)NCCc2ccc(Cl)cc2)O1. The van der Waals surface area contributed by atoms with E-state index in [2.05, 4.69) is 5.32 Å². The first kappa shape index (κ1) is 14.8. The van der Waals surface area contributed by atoms with Gasteiger partial charge in [-0.1, -0.05) is 23.7 Å². The normalized spacial score (nSPS) is 21.6. The molecule has 1 aromatic rings. The largest absolute Gasteiger partial charge is 0.479 e. The van der Waals surface area contributed by atoms with Gasteiger partial charge in [0.1, 0.15) is 6.10 Å². The van der Waals surface area contributed by atoms with Gasteiger partial charge in [0, 0.05) is 11.6 Å². The van der Waals surface area contributed by atoms with Gasteiger partial charge >= 0.3 is 5.97 Å². The lowest BCUT2D eigenvalue weighted by atomic mass is 10.1. The number of nitrogens with one attached hydrogen (secondary N) is 1. The highest BCUT2D eigenvalue weighted by Crippen LogP contribution is 2.19. The van der Waals surface area contributed by atoms with Crippen molar-refractivity contribution in [2.24, 2.45) is 0 Å². The summed E-state index contributed by atoms with van der Waals surface area (Å²) in [6.07, 6.45) is 0.00937. The third kappa shape index (κ3) is 3.95. The Morgan fingerprint density at radius 2 is 1.90 bits per heavy atom. The third-order valence-corrected chi connectivity index (χ3v) is 3.47. The predicted molar refractivity (Wildman–Crippen MR) is 73.7 cm³/mol. The number of aliphatic carboxylic acids is 1. The molecule has 0 aromatic heterocycles. The van der Waals surface area contributed by atoms with Gasteiger partial charge in [-0.2, -0.15) is 0 Å². The molecule has 1 heterocycles. The molecule has 0 saturated carbocycles. The summed E-state index contributed by atoms with van der Waals surface area (Å²) >= 11 is 5.79. The molecule has 1 aromatic carbocycles. The van der Waals surface area contributed by atoms with Crippen molar-refractivity contribution in [2.75, 3.05) is 6.54 Å². The Morgan fingerprint density at radius 1 is 1.25 bits per heavy atom. The van der Waals surface area contributed by atoms with Crippen molar-refractivity contribution < 1.29 is 19.4 Å². The number of halogens is 1. The molecule has 1 aliphatic rings. The number of hydrogen-bond donors (Lipinski definition) is 2. The monoisotopic (exact) mass is 297 g/mol. The van der Waals surface area contributed by atoms with Crippen LogP contribution in [0.25, 0.3) is 0 Å². The molecule has 2 unspecified atom stereocenters. The molecule has 1 amide bonds. The Balaban J connectivity index is 1.73.